The van der Waals surface area contributed by atoms with Crippen LogP contribution in [0.5, 0.6) is 5.75 Å². The van der Waals surface area contributed by atoms with E-state index in [4.69, 9.17) is 0 Å². The van der Waals surface area contributed by atoms with Gasteiger partial charge in [0, 0.05) is 5.69 Å². The maximum atomic E-state index is 12.6. The Morgan fingerprint density at radius 2 is 1.75 bits per heavy atom. The third-order valence-electron chi connectivity index (χ3n) is 5.01. The monoisotopic (exact) mass is 444 g/mol. The van der Waals surface area contributed by atoms with Crippen LogP contribution in [0, 0.1) is 20.8 Å². The average molecular weight is 445 g/mol. The van der Waals surface area contributed by atoms with Crippen molar-refractivity contribution >= 4 is 23.4 Å². The van der Waals surface area contributed by atoms with Crippen LogP contribution >= 0.6 is 11.8 Å². The van der Waals surface area contributed by atoms with Crippen molar-refractivity contribution in [3.05, 3.63) is 83.4 Å². The molecule has 1 aromatic heterocycles. The van der Waals surface area contributed by atoms with E-state index in [9.17, 15) is 9.90 Å². The normalized spacial score (nSPS) is 10.8. The molecule has 0 spiro atoms. The molecule has 162 valence electrons. The first kappa shape index (κ1) is 21.6. The van der Waals surface area contributed by atoms with E-state index in [0.29, 0.717) is 16.5 Å². The van der Waals surface area contributed by atoms with E-state index in [-0.39, 0.29) is 17.4 Å². The van der Waals surface area contributed by atoms with Gasteiger partial charge in [-0.15, -0.1) is 10.2 Å². The number of aromatic nitrogens is 3. The summed E-state index contributed by atoms with van der Waals surface area (Å²) in [5.41, 5.74) is 5.53. The summed E-state index contributed by atoms with van der Waals surface area (Å²) in [6.07, 6.45) is 0. The number of rotatable bonds is 6. The lowest BCUT2D eigenvalue weighted by molar-refractivity contribution is -0.113. The van der Waals surface area contributed by atoms with Crippen LogP contribution in [0.4, 0.5) is 5.69 Å². The summed E-state index contributed by atoms with van der Waals surface area (Å²) >= 11 is 1.30. The van der Waals surface area contributed by atoms with Gasteiger partial charge >= 0.3 is 0 Å². The molecule has 4 aromatic rings. The minimum absolute atomic E-state index is 0.125. The molecule has 0 radical (unpaired) electrons. The van der Waals surface area contributed by atoms with Gasteiger partial charge in [0.15, 0.2) is 11.0 Å². The molecule has 0 saturated heterocycles. The number of hydrogen-bond acceptors (Lipinski definition) is 5. The Hall–Kier alpha value is -3.58. The van der Waals surface area contributed by atoms with Crippen molar-refractivity contribution in [2.24, 2.45) is 0 Å². The summed E-state index contributed by atoms with van der Waals surface area (Å²) in [5.74, 6) is 0.703. The van der Waals surface area contributed by atoms with Crippen molar-refractivity contribution in [1.29, 1.82) is 0 Å². The third kappa shape index (κ3) is 4.68. The van der Waals surface area contributed by atoms with Crippen molar-refractivity contribution in [3.8, 4) is 22.8 Å². The zero-order valence-electron chi connectivity index (χ0n) is 18.2. The Bertz CT molecular complexity index is 1280. The number of phenolic OH excluding ortho intramolecular Hbond substituents is 1. The lowest BCUT2D eigenvalue weighted by Crippen LogP contribution is -2.14. The number of hydrogen-bond donors (Lipinski definition) is 2. The number of nitrogens with zero attached hydrogens (tertiary/aromatic N) is 3. The quantitative estimate of drug-likeness (QED) is 0.395. The van der Waals surface area contributed by atoms with Crippen LogP contribution in [0.2, 0.25) is 0 Å². The maximum absolute atomic E-state index is 12.6. The predicted molar refractivity (Wildman–Crippen MR) is 128 cm³/mol. The molecule has 0 atom stereocenters. The van der Waals surface area contributed by atoms with Crippen LogP contribution in [0.25, 0.3) is 17.1 Å². The van der Waals surface area contributed by atoms with Gasteiger partial charge in [0.2, 0.25) is 5.91 Å². The number of benzene rings is 3. The van der Waals surface area contributed by atoms with Gasteiger partial charge in [0.1, 0.15) is 5.75 Å². The van der Waals surface area contributed by atoms with Crippen LogP contribution in [0.15, 0.2) is 71.9 Å². The second-order valence-electron chi connectivity index (χ2n) is 7.66. The fraction of sp³-hybridized carbons (Fsp3) is 0.160. The fourth-order valence-electron chi connectivity index (χ4n) is 3.52. The van der Waals surface area contributed by atoms with E-state index in [1.54, 1.807) is 18.2 Å². The van der Waals surface area contributed by atoms with Gasteiger partial charge < -0.3 is 10.4 Å². The van der Waals surface area contributed by atoms with Gasteiger partial charge in [0.05, 0.1) is 17.0 Å². The lowest BCUT2D eigenvalue weighted by atomic mass is 10.1. The summed E-state index contributed by atoms with van der Waals surface area (Å²) in [4.78, 5) is 12.6. The molecule has 0 aliphatic heterocycles. The van der Waals surface area contributed by atoms with Gasteiger partial charge in [-0.3, -0.25) is 9.36 Å². The number of phenols is 1. The molecule has 0 bridgehead atoms. The molecule has 1 amide bonds. The molecule has 32 heavy (non-hydrogen) atoms. The maximum Gasteiger partial charge on any atom is 0.234 e. The van der Waals surface area contributed by atoms with Crippen LogP contribution in [-0.2, 0) is 4.79 Å². The molecule has 4 rings (SSSR count). The zero-order valence-corrected chi connectivity index (χ0v) is 19.0. The van der Waals surface area contributed by atoms with Crippen molar-refractivity contribution < 1.29 is 9.90 Å². The minimum atomic E-state index is -0.125. The first-order valence-electron chi connectivity index (χ1n) is 10.2. The highest BCUT2D eigenvalue weighted by Crippen LogP contribution is 2.33. The molecule has 2 N–H and O–H groups in total. The minimum Gasteiger partial charge on any atom is -0.507 e. The Kier molecular flexibility index (Phi) is 6.28. The number of aryl methyl sites for hydroxylation is 3. The topological polar surface area (TPSA) is 80.0 Å². The zero-order chi connectivity index (χ0) is 22.7. The van der Waals surface area contributed by atoms with Crippen molar-refractivity contribution in [2.75, 3.05) is 11.1 Å². The Balaban J connectivity index is 1.66. The molecule has 6 nitrogen and oxygen atoms in total. The number of aromatic hydroxyl groups is 1. The number of carbonyl (C=O) groups excluding carboxylic acids is 1. The van der Waals surface area contributed by atoms with Crippen molar-refractivity contribution in [2.45, 2.75) is 25.9 Å². The molecular weight excluding hydrogens is 420 g/mol. The Morgan fingerprint density at radius 1 is 0.969 bits per heavy atom. The van der Waals surface area contributed by atoms with Gasteiger partial charge in [-0.1, -0.05) is 53.7 Å². The Labute approximate surface area is 191 Å². The number of thioether (sulfide) groups is 1. The van der Waals surface area contributed by atoms with Gasteiger partial charge in [-0.25, -0.2) is 0 Å². The number of anilines is 1. The van der Waals surface area contributed by atoms with Crippen molar-refractivity contribution in [1.82, 2.24) is 14.8 Å². The van der Waals surface area contributed by atoms with E-state index in [1.165, 1.54) is 11.8 Å². The average Bonchev–Trinajstić information content (AvgIpc) is 3.16. The highest BCUT2D eigenvalue weighted by Gasteiger charge is 2.20. The fourth-order valence-corrected chi connectivity index (χ4v) is 4.27. The second kappa shape index (κ2) is 9.28. The lowest BCUT2D eigenvalue weighted by Gasteiger charge is -2.14. The summed E-state index contributed by atoms with van der Waals surface area (Å²) in [6.45, 7) is 6.05. The molecule has 1 heterocycles. The van der Waals surface area contributed by atoms with Gasteiger partial charge in [-0.05, 0) is 62.2 Å². The summed E-state index contributed by atoms with van der Waals surface area (Å²) in [7, 11) is 0. The van der Waals surface area contributed by atoms with Crippen LogP contribution < -0.4 is 5.32 Å². The van der Waals surface area contributed by atoms with E-state index in [1.807, 2.05) is 67.8 Å². The number of carbonyl (C=O) groups is 1. The molecule has 3 aromatic carbocycles. The third-order valence-corrected chi connectivity index (χ3v) is 5.93. The Morgan fingerprint density at radius 3 is 2.50 bits per heavy atom. The number of nitrogens with one attached hydrogen (secondary N) is 1. The molecule has 0 aliphatic carbocycles. The highest BCUT2D eigenvalue weighted by molar-refractivity contribution is 7.99. The second-order valence-corrected chi connectivity index (χ2v) is 8.60. The largest absolute Gasteiger partial charge is 0.507 e. The van der Waals surface area contributed by atoms with Crippen LogP contribution in [-0.4, -0.2) is 31.5 Å². The SMILES string of the molecule is Cc1cccc(NC(=O)CSc2nnc(-c3ccccc3O)n2-c2ccc(C)cc2C)c1. The molecule has 0 saturated carbocycles. The van der Waals surface area contributed by atoms with E-state index >= 15 is 0 Å². The number of amides is 1. The molecule has 0 fully saturated rings. The first-order valence-corrected chi connectivity index (χ1v) is 11.2. The summed E-state index contributed by atoms with van der Waals surface area (Å²) < 4.78 is 1.90. The van der Waals surface area contributed by atoms with Gasteiger partial charge in [-0.2, -0.15) is 0 Å². The molecule has 7 heteroatoms. The summed E-state index contributed by atoms with van der Waals surface area (Å²) in [5, 5.41) is 22.6. The molecule has 0 aliphatic rings. The van der Waals surface area contributed by atoms with Crippen molar-refractivity contribution in [3.63, 3.8) is 0 Å². The highest BCUT2D eigenvalue weighted by atomic mass is 32.2. The number of para-hydroxylation sites is 1. The van der Waals surface area contributed by atoms with E-state index < -0.39 is 0 Å². The molecular formula is C25H24N4O2S. The molecule has 0 unspecified atom stereocenters. The first-order chi connectivity index (χ1) is 15.4. The van der Waals surface area contributed by atoms with Gasteiger partial charge in [0.25, 0.3) is 0 Å². The van der Waals surface area contributed by atoms with Crippen LogP contribution in [0.3, 0.4) is 0 Å². The smallest absolute Gasteiger partial charge is 0.234 e. The van der Waals surface area contributed by atoms with E-state index in [2.05, 4.69) is 21.6 Å². The summed E-state index contributed by atoms with van der Waals surface area (Å²) in [6, 6.07) is 20.8. The van der Waals surface area contributed by atoms with E-state index in [0.717, 1.165) is 28.1 Å². The standard InChI is InChI=1S/C25H24N4O2S/c1-16-7-6-8-19(14-16)26-23(31)15-32-25-28-27-24(20-9-4-5-10-22(20)30)29(25)21-12-11-17(2)13-18(21)3/h4-14,30H,15H2,1-3H3,(H,26,31). The van der Waals surface area contributed by atoms with Crippen LogP contribution in [0.1, 0.15) is 16.7 Å². The predicted octanol–water partition coefficient (Wildman–Crippen LogP) is 5.30.